The van der Waals surface area contributed by atoms with Crippen molar-refractivity contribution in [1.29, 1.82) is 0 Å². The Balaban J connectivity index is 0. The van der Waals surface area contributed by atoms with E-state index in [0.29, 0.717) is 0 Å². The molecule has 0 atom stereocenters. The maximum Gasteiger partial charge on any atom is 0.00555 e. The maximum absolute atomic E-state index is 2.26. The second-order valence-electron chi connectivity index (χ2n) is 4.61. The van der Waals surface area contributed by atoms with Crippen LogP contribution in [0.3, 0.4) is 0 Å². The van der Waals surface area contributed by atoms with Gasteiger partial charge in [0.25, 0.3) is 0 Å². The Labute approximate surface area is 104 Å². The quantitative estimate of drug-likeness (QED) is 0.513. The molecule has 0 fully saturated rings. The van der Waals surface area contributed by atoms with Crippen molar-refractivity contribution in [2.45, 2.75) is 72.1 Å². The molecule has 1 nitrogen and oxygen atoms in total. The highest BCUT2D eigenvalue weighted by molar-refractivity contribution is 4.78. The highest BCUT2D eigenvalue weighted by Crippen LogP contribution is 2.06. The molecule has 0 aromatic carbocycles. The van der Waals surface area contributed by atoms with Gasteiger partial charge in [-0.25, -0.2) is 0 Å². The van der Waals surface area contributed by atoms with E-state index in [1.54, 1.807) is 0 Å². The van der Waals surface area contributed by atoms with Gasteiger partial charge in [-0.1, -0.05) is 65.4 Å². The Morgan fingerprint density at radius 3 is 1.81 bits per heavy atom. The summed E-state index contributed by atoms with van der Waals surface area (Å²) in [6.07, 6.45) is 15.3. The summed E-state index contributed by atoms with van der Waals surface area (Å²) in [6.45, 7) is 6.51. The van der Waals surface area contributed by atoms with Crippen molar-refractivity contribution in [3.8, 4) is 0 Å². The van der Waals surface area contributed by atoms with Crippen LogP contribution < -0.4 is 0 Å². The van der Waals surface area contributed by atoms with Gasteiger partial charge in [-0.3, -0.25) is 0 Å². The fourth-order valence-corrected chi connectivity index (χ4v) is 1.33. The van der Waals surface area contributed by atoms with Gasteiger partial charge >= 0.3 is 0 Å². The lowest BCUT2D eigenvalue weighted by molar-refractivity contribution is 0.557. The molecular weight excluding hydrogens is 194 g/mol. The van der Waals surface area contributed by atoms with Gasteiger partial charge in [0.1, 0.15) is 0 Å². The van der Waals surface area contributed by atoms with E-state index in [9.17, 15) is 0 Å². The molecule has 0 spiro atoms. The van der Waals surface area contributed by atoms with Crippen LogP contribution in [-0.4, -0.2) is 19.0 Å². The molecule has 98 valence electrons. The van der Waals surface area contributed by atoms with Gasteiger partial charge in [-0.05, 0) is 19.0 Å². The predicted molar refractivity (Wildman–Crippen MR) is 76.8 cm³/mol. The molecule has 1 heteroatoms. The lowest BCUT2D eigenvalue weighted by Gasteiger charge is -2.02. The fraction of sp³-hybridized carbons (Fsp3) is 0.867. The first-order valence-corrected chi connectivity index (χ1v) is 7.02. The molecule has 0 aromatic heterocycles. The van der Waals surface area contributed by atoms with Crippen LogP contribution in [0, 0.1) is 0 Å². The van der Waals surface area contributed by atoms with Crippen molar-refractivity contribution < 1.29 is 0 Å². The van der Waals surface area contributed by atoms with Crippen molar-refractivity contribution >= 4 is 0 Å². The van der Waals surface area contributed by atoms with Crippen LogP contribution in [-0.2, 0) is 0 Å². The first-order valence-electron chi connectivity index (χ1n) is 7.02. The number of unbranched alkanes of at least 4 members (excludes halogenated alkanes) is 6. The lowest BCUT2D eigenvalue weighted by atomic mass is 10.1. The van der Waals surface area contributed by atoms with Crippen molar-refractivity contribution in [2.24, 2.45) is 0 Å². The molecule has 0 saturated heterocycles. The van der Waals surface area contributed by atoms with Crippen LogP contribution in [0.1, 0.15) is 72.1 Å². The first-order chi connectivity index (χ1) is 7.68. The summed E-state index contributed by atoms with van der Waals surface area (Å²) in [5.41, 5.74) is 0. The van der Waals surface area contributed by atoms with Gasteiger partial charge < -0.3 is 4.90 Å². The van der Waals surface area contributed by atoms with E-state index in [-0.39, 0.29) is 0 Å². The first kappa shape index (κ1) is 17.9. The van der Waals surface area contributed by atoms with E-state index >= 15 is 0 Å². The van der Waals surface area contributed by atoms with Crippen molar-refractivity contribution in [3.05, 3.63) is 12.3 Å². The molecule has 0 amide bonds. The normalized spacial score (nSPS) is 10.1. The van der Waals surface area contributed by atoms with Crippen molar-refractivity contribution in [1.82, 2.24) is 4.90 Å². The summed E-state index contributed by atoms with van der Waals surface area (Å²) in [6, 6.07) is 0. The van der Waals surface area contributed by atoms with Gasteiger partial charge in [0.15, 0.2) is 0 Å². The third-order valence-electron chi connectivity index (χ3n) is 2.13. The van der Waals surface area contributed by atoms with Crippen LogP contribution in [0.15, 0.2) is 12.3 Å². The summed E-state index contributed by atoms with van der Waals surface area (Å²) in [7, 11) is 4.13. The second-order valence-corrected chi connectivity index (χ2v) is 4.61. The minimum absolute atomic E-state index is 1.24. The zero-order chi connectivity index (χ0) is 12.6. The van der Waals surface area contributed by atoms with Gasteiger partial charge in [-0.2, -0.15) is 0 Å². The Kier molecular flexibility index (Phi) is 19.0. The molecule has 0 rings (SSSR count). The fourth-order valence-electron chi connectivity index (χ4n) is 1.33. The molecule has 0 radical (unpaired) electrons. The molecule has 0 aromatic rings. The van der Waals surface area contributed by atoms with Gasteiger partial charge in [0.05, 0.1) is 0 Å². The average molecular weight is 227 g/mol. The highest BCUT2D eigenvalue weighted by Gasteiger charge is 1.87. The van der Waals surface area contributed by atoms with E-state index in [4.69, 9.17) is 0 Å². The molecule has 0 saturated carbocycles. The second kappa shape index (κ2) is 17.0. The van der Waals surface area contributed by atoms with Crippen LogP contribution in [0.25, 0.3) is 0 Å². The van der Waals surface area contributed by atoms with E-state index in [1.165, 1.54) is 51.4 Å². The zero-order valence-corrected chi connectivity index (χ0v) is 12.3. The molecule has 0 aliphatic carbocycles. The minimum Gasteiger partial charge on any atom is -0.384 e. The molecule has 0 aliphatic heterocycles. The van der Waals surface area contributed by atoms with Crippen LogP contribution in [0.5, 0.6) is 0 Å². The van der Waals surface area contributed by atoms with E-state index in [1.807, 2.05) is 0 Å². The number of nitrogens with zero attached hydrogens (tertiary/aromatic N) is 1. The molecule has 0 N–H and O–H groups in total. The topological polar surface area (TPSA) is 3.24 Å². The molecule has 0 aliphatic rings. The molecule has 16 heavy (non-hydrogen) atoms. The number of hydrogen-bond donors (Lipinski definition) is 0. The lowest BCUT2D eigenvalue weighted by Crippen LogP contribution is -1.99. The minimum atomic E-state index is 1.24. The van der Waals surface area contributed by atoms with Crippen LogP contribution in [0.2, 0.25) is 0 Å². The largest absolute Gasteiger partial charge is 0.384 e. The van der Waals surface area contributed by atoms with Gasteiger partial charge in [0.2, 0.25) is 0 Å². The van der Waals surface area contributed by atoms with E-state index in [0.717, 1.165) is 0 Å². The third kappa shape index (κ3) is 23.4. The number of rotatable bonds is 8. The summed E-state index contributed by atoms with van der Waals surface area (Å²) < 4.78 is 0. The van der Waals surface area contributed by atoms with E-state index < -0.39 is 0 Å². The Hall–Kier alpha value is -0.460. The number of hydrogen-bond acceptors (Lipinski definition) is 1. The molecular formula is C15H33N. The van der Waals surface area contributed by atoms with Crippen molar-refractivity contribution in [3.63, 3.8) is 0 Å². The van der Waals surface area contributed by atoms with Gasteiger partial charge in [0, 0.05) is 14.1 Å². The SMILES string of the molecule is CCC.CCCCCCCCC=CN(C)C. The van der Waals surface area contributed by atoms with Gasteiger partial charge in [-0.15, -0.1) is 0 Å². The third-order valence-corrected chi connectivity index (χ3v) is 2.13. The van der Waals surface area contributed by atoms with Crippen molar-refractivity contribution in [2.75, 3.05) is 14.1 Å². The highest BCUT2D eigenvalue weighted by atomic mass is 15.0. The average Bonchev–Trinajstić information content (AvgIpc) is 2.23. The smallest absolute Gasteiger partial charge is 0.00555 e. The van der Waals surface area contributed by atoms with Crippen LogP contribution in [0.4, 0.5) is 0 Å². The molecule has 0 heterocycles. The number of allylic oxidation sites excluding steroid dienone is 1. The standard InChI is InChI=1S/C12H25N.C3H8/c1-4-5-6-7-8-9-10-11-12-13(2)3;1-3-2/h11-12H,4-10H2,1-3H3;3H2,1-2H3. The van der Waals surface area contributed by atoms with E-state index in [2.05, 4.69) is 52.0 Å². The molecule has 0 unspecified atom stereocenters. The van der Waals surface area contributed by atoms with Crippen LogP contribution >= 0.6 is 0 Å². The molecule has 0 bridgehead atoms. The Morgan fingerprint density at radius 2 is 1.31 bits per heavy atom. The summed E-state index contributed by atoms with van der Waals surface area (Å²) >= 11 is 0. The predicted octanol–water partition coefficient (Wildman–Crippen LogP) is 5.23. The Bertz CT molecular complexity index is 127. The summed E-state index contributed by atoms with van der Waals surface area (Å²) in [5, 5.41) is 0. The Morgan fingerprint density at radius 1 is 0.812 bits per heavy atom. The zero-order valence-electron chi connectivity index (χ0n) is 12.3. The monoisotopic (exact) mass is 227 g/mol. The maximum atomic E-state index is 2.26. The summed E-state index contributed by atoms with van der Waals surface area (Å²) in [4.78, 5) is 2.09. The summed E-state index contributed by atoms with van der Waals surface area (Å²) in [5.74, 6) is 0.